The zero-order valence-corrected chi connectivity index (χ0v) is 13.7. The van der Waals surface area contributed by atoms with Crippen LogP contribution < -0.4 is 10.1 Å². The molecule has 0 unspecified atom stereocenters. The summed E-state index contributed by atoms with van der Waals surface area (Å²) in [4.78, 5) is 13.1. The molecule has 0 radical (unpaired) electrons. The molecule has 0 spiro atoms. The van der Waals surface area contributed by atoms with E-state index in [2.05, 4.69) is 5.32 Å². The zero-order chi connectivity index (χ0) is 15.5. The van der Waals surface area contributed by atoms with Crippen LogP contribution in [0.25, 0.3) is 0 Å². The lowest BCUT2D eigenvalue weighted by Crippen LogP contribution is -2.23. The summed E-state index contributed by atoms with van der Waals surface area (Å²) in [5.41, 5.74) is 1.90. The fourth-order valence-corrected chi connectivity index (χ4v) is 3.73. The van der Waals surface area contributed by atoms with Crippen LogP contribution in [-0.4, -0.2) is 26.2 Å². The molecule has 3 rings (SSSR count). The van der Waals surface area contributed by atoms with Gasteiger partial charge in [-0.1, -0.05) is 17.7 Å². The third-order valence-electron chi connectivity index (χ3n) is 3.56. The molecule has 116 valence electrons. The van der Waals surface area contributed by atoms with Gasteiger partial charge in [0.05, 0.1) is 10.9 Å². The Kier molecular flexibility index (Phi) is 4.66. The highest BCUT2D eigenvalue weighted by atomic mass is 35.5. The average molecular weight is 338 g/mol. The van der Waals surface area contributed by atoms with Crippen molar-refractivity contribution in [1.29, 1.82) is 0 Å². The minimum atomic E-state index is 0.0102. The number of halogens is 1. The molecule has 1 aromatic carbocycles. The van der Waals surface area contributed by atoms with Gasteiger partial charge in [0.2, 0.25) is 5.91 Å². The Labute approximate surface area is 138 Å². The van der Waals surface area contributed by atoms with Crippen LogP contribution in [0.5, 0.6) is 5.75 Å². The van der Waals surface area contributed by atoms with E-state index in [9.17, 15) is 4.79 Å². The van der Waals surface area contributed by atoms with E-state index in [4.69, 9.17) is 21.1 Å². The predicted molar refractivity (Wildman–Crippen MR) is 88.2 cm³/mol. The predicted octanol–water partition coefficient (Wildman–Crippen LogP) is 3.90. The number of methoxy groups -OCH3 is 1. The lowest BCUT2D eigenvalue weighted by Gasteiger charge is -2.25. The lowest BCUT2D eigenvalue weighted by molar-refractivity contribution is -0.116. The van der Waals surface area contributed by atoms with E-state index in [0.29, 0.717) is 19.6 Å². The van der Waals surface area contributed by atoms with Crippen molar-refractivity contribution in [3.8, 4) is 5.75 Å². The molecule has 1 amide bonds. The zero-order valence-electron chi connectivity index (χ0n) is 12.1. The number of amides is 1. The first-order valence-electron chi connectivity index (χ1n) is 6.98. The lowest BCUT2D eigenvalue weighted by atomic mass is 9.89. The Balaban J connectivity index is 1.88. The molecule has 6 heteroatoms. The van der Waals surface area contributed by atoms with Gasteiger partial charge >= 0.3 is 0 Å². The van der Waals surface area contributed by atoms with Crippen LogP contribution in [0.4, 0.5) is 5.69 Å². The SMILES string of the molecule is COCCOc1ccc2c(c1)NC(=O)C[C@@H]2c1ccc(Cl)s1. The largest absolute Gasteiger partial charge is 0.491 e. The molecule has 1 aliphatic heterocycles. The van der Waals surface area contributed by atoms with Crippen molar-refractivity contribution < 1.29 is 14.3 Å². The second-order valence-corrected chi connectivity index (χ2v) is 6.78. The van der Waals surface area contributed by atoms with Crippen LogP contribution in [0.3, 0.4) is 0 Å². The van der Waals surface area contributed by atoms with Crippen LogP contribution >= 0.6 is 22.9 Å². The van der Waals surface area contributed by atoms with E-state index in [1.54, 1.807) is 7.11 Å². The molecule has 0 fully saturated rings. The Bertz CT molecular complexity index is 686. The molecular formula is C16H16ClNO3S. The summed E-state index contributed by atoms with van der Waals surface area (Å²) < 4.78 is 11.3. The van der Waals surface area contributed by atoms with Crippen molar-refractivity contribution in [2.24, 2.45) is 0 Å². The number of fused-ring (bicyclic) bond motifs is 1. The second-order valence-electron chi connectivity index (χ2n) is 5.04. The van der Waals surface area contributed by atoms with E-state index in [-0.39, 0.29) is 11.8 Å². The highest BCUT2D eigenvalue weighted by Gasteiger charge is 2.27. The Morgan fingerprint density at radius 3 is 2.91 bits per heavy atom. The van der Waals surface area contributed by atoms with Crippen molar-refractivity contribution in [2.45, 2.75) is 12.3 Å². The van der Waals surface area contributed by atoms with Gasteiger partial charge in [-0.2, -0.15) is 0 Å². The number of carbonyl (C=O) groups excluding carboxylic acids is 1. The minimum Gasteiger partial charge on any atom is -0.491 e. The van der Waals surface area contributed by atoms with Gasteiger partial charge in [0.15, 0.2) is 0 Å². The van der Waals surface area contributed by atoms with Crippen molar-refractivity contribution in [2.75, 3.05) is 25.6 Å². The van der Waals surface area contributed by atoms with E-state index in [1.165, 1.54) is 11.3 Å². The maximum atomic E-state index is 12.0. The van der Waals surface area contributed by atoms with Crippen LogP contribution in [0.2, 0.25) is 4.34 Å². The molecule has 4 nitrogen and oxygen atoms in total. The van der Waals surface area contributed by atoms with E-state index < -0.39 is 0 Å². The molecule has 22 heavy (non-hydrogen) atoms. The standard InChI is InChI=1S/C16H16ClNO3S/c1-20-6-7-21-10-2-3-11-12(14-4-5-15(17)22-14)9-16(19)18-13(11)8-10/h2-5,8,12H,6-7,9H2,1H3,(H,18,19)/t12-/m0/s1. The minimum absolute atomic E-state index is 0.0102. The number of nitrogens with one attached hydrogen (secondary N) is 1. The third-order valence-corrected chi connectivity index (χ3v) is 4.90. The molecule has 0 bridgehead atoms. The van der Waals surface area contributed by atoms with Gasteiger partial charge in [-0.05, 0) is 23.8 Å². The number of rotatable bonds is 5. The van der Waals surface area contributed by atoms with Gasteiger partial charge in [0.1, 0.15) is 12.4 Å². The van der Waals surface area contributed by atoms with Gasteiger partial charge in [-0.25, -0.2) is 0 Å². The van der Waals surface area contributed by atoms with Gasteiger partial charge in [-0.15, -0.1) is 11.3 Å². The normalized spacial score (nSPS) is 17.0. The highest BCUT2D eigenvalue weighted by molar-refractivity contribution is 7.16. The van der Waals surface area contributed by atoms with Gasteiger partial charge in [0.25, 0.3) is 0 Å². The van der Waals surface area contributed by atoms with Gasteiger partial charge in [-0.3, -0.25) is 4.79 Å². The summed E-state index contributed by atoms with van der Waals surface area (Å²) in [6.07, 6.45) is 0.438. The number of benzene rings is 1. The molecule has 0 saturated carbocycles. The third kappa shape index (κ3) is 3.27. The first kappa shape index (κ1) is 15.3. The monoisotopic (exact) mass is 337 g/mol. The van der Waals surface area contributed by atoms with Crippen LogP contribution in [0.15, 0.2) is 30.3 Å². The Morgan fingerprint density at radius 2 is 2.18 bits per heavy atom. The number of ether oxygens (including phenoxy) is 2. The number of thiophene rings is 1. The van der Waals surface area contributed by atoms with Crippen LogP contribution in [-0.2, 0) is 9.53 Å². The van der Waals surface area contributed by atoms with Crippen LogP contribution in [0, 0.1) is 0 Å². The van der Waals surface area contributed by atoms with E-state index in [0.717, 1.165) is 26.2 Å². The van der Waals surface area contributed by atoms with Crippen molar-refractivity contribution in [1.82, 2.24) is 0 Å². The van der Waals surface area contributed by atoms with Crippen molar-refractivity contribution >= 4 is 34.5 Å². The van der Waals surface area contributed by atoms with E-state index in [1.807, 2.05) is 30.3 Å². The molecule has 1 atom stereocenters. The quantitative estimate of drug-likeness (QED) is 0.842. The smallest absolute Gasteiger partial charge is 0.225 e. The first-order valence-corrected chi connectivity index (χ1v) is 8.17. The number of carbonyl (C=O) groups is 1. The molecule has 1 N–H and O–H groups in total. The molecule has 2 heterocycles. The Morgan fingerprint density at radius 1 is 1.32 bits per heavy atom. The summed E-state index contributed by atoms with van der Waals surface area (Å²) in [6, 6.07) is 9.66. The average Bonchev–Trinajstić information content (AvgIpc) is 2.93. The first-order chi connectivity index (χ1) is 10.7. The maximum absolute atomic E-state index is 12.0. The number of hydrogen-bond donors (Lipinski definition) is 1. The summed E-state index contributed by atoms with van der Waals surface area (Å²) in [6.45, 7) is 1.01. The Hall–Kier alpha value is -1.56. The van der Waals surface area contributed by atoms with E-state index >= 15 is 0 Å². The maximum Gasteiger partial charge on any atom is 0.225 e. The van der Waals surface area contributed by atoms with Crippen molar-refractivity contribution in [3.63, 3.8) is 0 Å². The highest BCUT2D eigenvalue weighted by Crippen LogP contribution is 2.41. The summed E-state index contributed by atoms with van der Waals surface area (Å²) >= 11 is 7.54. The van der Waals surface area contributed by atoms with Crippen LogP contribution in [0.1, 0.15) is 22.8 Å². The topological polar surface area (TPSA) is 47.6 Å². The van der Waals surface area contributed by atoms with Crippen molar-refractivity contribution in [3.05, 3.63) is 45.1 Å². The fraction of sp³-hybridized carbons (Fsp3) is 0.312. The van der Waals surface area contributed by atoms with Gasteiger partial charge < -0.3 is 14.8 Å². The summed E-state index contributed by atoms with van der Waals surface area (Å²) in [5, 5.41) is 2.92. The molecule has 1 aliphatic rings. The molecule has 2 aromatic rings. The summed E-state index contributed by atoms with van der Waals surface area (Å²) in [7, 11) is 1.63. The summed E-state index contributed by atoms with van der Waals surface area (Å²) in [5.74, 6) is 0.784. The molecule has 1 aromatic heterocycles. The number of anilines is 1. The van der Waals surface area contributed by atoms with Gasteiger partial charge in [0, 0.05) is 36.1 Å². The second kappa shape index (κ2) is 6.69. The fourth-order valence-electron chi connectivity index (χ4n) is 2.55. The molecule has 0 saturated heterocycles. The number of hydrogen-bond acceptors (Lipinski definition) is 4. The molecule has 0 aliphatic carbocycles. The molecular weight excluding hydrogens is 322 g/mol.